The summed E-state index contributed by atoms with van der Waals surface area (Å²) in [4.78, 5) is 60.5. The lowest BCUT2D eigenvalue weighted by atomic mass is 9.33. The van der Waals surface area contributed by atoms with Crippen molar-refractivity contribution in [3.63, 3.8) is 0 Å². The van der Waals surface area contributed by atoms with E-state index in [9.17, 15) is 9.59 Å². The summed E-state index contributed by atoms with van der Waals surface area (Å²) in [6.07, 6.45) is 0. The predicted molar refractivity (Wildman–Crippen MR) is 433 cm³/mol. The van der Waals surface area contributed by atoms with Gasteiger partial charge in [0.1, 0.15) is 13.2 Å². The third-order valence-electron chi connectivity index (χ3n) is 20.3. The summed E-state index contributed by atoms with van der Waals surface area (Å²) in [5, 5.41) is 1.38. The van der Waals surface area contributed by atoms with Crippen molar-refractivity contribution in [1.82, 2.24) is 29.5 Å². The van der Waals surface area contributed by atoms with Crippen LogP contribution in [0, 0.1) is 0 Å². The number of aromatic nitrogens is 6. The van der Waals surface area contributed by atoms with Crippen LogP contribution in [0.3, 0.4) is 0 Å². The molecule has 0 fully saturated rings. The van der Waals surface area contributed by atoms with Gasteiger partial charge in [0.25, 0.3) is 6.71 Å². The van der Waals surface area contributed by atoms with E-state index in [2.05, 4.69) is 196 Å². The third-order valence-corrected chi connectivity index (χ3v) is 20.3. The molecule has 5 heterocycles. The molecule has 14 aromatic carbocycles. The van der Waals surface area contributed by atoms with Crippen LogP contribution in [0.15, 0.2) is 358 Å². The zero-order chi connectivity index (χ0) is 72.0. The van der Waals surface area contributed by atoms with Crippen LogP contribution in [0.1, 0.15) is 31.8 Å². The van der Waals surface area contributed by atoms with Gasteiger partial charge < -0.3 is 23.8 Å². The van der Waals surface area contributed by atoms with E-state index in [1.165, 1.54) is 22.1 Å². The van der Waals surface area contributed by atoms with E-state index in [1.54, 1.807) is 12.1 Å². The van der Waals surface area contributed by atoms with Crippen molar-refractivity contribution < 1.29 is 19.1 Å². The fourth-order valence-corrected chi connectivity index (χ4v) is 15.3. The smallest absolute Gasteiger partial charge is 0.338 e. The molecule has 3 aromatic heterocycles. The lowest BCUT2D eigenvalue weighted by Crippen LogP contribution is -2.61. The Morgan fingerprint density at radius 2 is 0.704 bits per heavy atom. The van der Waals surface area contributed by atoms with E-state index in [4.69, 9.17) is 34.4 Å². The largest absolute Gasteiger partial charge is 0.457 e. The summed E-state index contributed by atoms with van der Waals surface area (Å²) in [7, 11) is 0. The highest BCUT2D eigenvalue weighted by atomic mass is 16.5. The van der Waals surface area contributed by atoms with Gasteiger partial charge in [-0.15, -0.1) is 0 Å². The summed E-state index contributed by atoms with van der Waals surface area (Å²) < 4.78 is 14.1. The molecule has 19 rings (SSSR count). The zero-order valence-electron chi connectivity index (χ0n) is 58.3. The molecule has 0 radical (unpaired) electrons. The van der Waals surface area contributed by atoms with Crippen LogP contribution >= 0.6 is 0 Å². The van der Waals surface area contributed by atoms with Gasteiger partial charge in [-0.05, 0) is 154 Å². The minimum Gasteiger partial charge on any atom is -0.457 e. The highest BCUT2D eigenvalue weighted by molar-refractivity contribution is 7.00. The molecule has 108 heavy (non-hydrogen) atoms. The number of hydrogen-bond donors (Lipinski definition) is 0. The monoisotopic (exact) mass is 1390 g/mol. The Balaban J connectivity index is 0.780. The minimum absolute atomic E-state index is 0.00494. The minimum atomic E-state index is -0.496. The van der Waals surface area contributed by atoms with E-state index in [-0.39, 0.29) is 19.9 Å². The summed E-state index contributed by atoms with van der Waals surface area (Å²) in [5.74, 6) is 0.749. The molecule has 0 aliphatic carbocycles. The fourth-order valence-electron chi connectivity index (χ4n) is 15.3. The second-order valence-corrected chi connectivity index (χ2v) is 26.9. The summed E-state index contributed by atoms with van der Waals surface area (Å²) >= 11 is 0. The Morgan fingerprint density at radius 3 is 1.27 bits per heavy atom. The Hall–Kier alpha value is -14.4. The number of carbonyl (C=O) groups excluding carboxylic acids is 2. The molecule has 13 heteroatoms. The second-order valence-electron chi connectivity index (χ2n) is 26.9. The average Bonchev–Trinajstić information content (AvgIpc) is 0.854. The van der Waals surface area contributed by atoms with Gasteiger partial charge in [0.15, 0.2) is 23.3 Å². The molecular weight excluding hydrogens is 1330 g/mol. The highest BCUT2D eigenvalue weighted by Crippen LogP contribution is 2.46. The molecule has 17 aromatic rings. The van der Waals surface area contributed by atoms with Crippen molar-refractivity contribution in [2.75, 3.05) is 9.80 Å². The van der Waals surface area contributed by atoms with Gasteiger partial charge in [0.05, 0.1) is 39.2 Å². The quantitative estimate of drug-likeness (QED) is 0.0677. The number of carbonyl (C=O) groups is 2. The first-order valence-corrected chi connectivity index (χ1v) is 36.0. The number of para-hydroxylation sites is 3. The van der Waals surface area contributed by atoms with Crippen molar-refractivity contribution >= 4 is 91.0 Å². The van der Waals surface area contributed by atoms with E-state index in [1.807, 2.05) is 164 Å². The molecule has 2 aliphatic rings. The van der Waals surface area contributed by atoms with Gasteiger partial charge >= 0.3 is 11.9 Å². The summed E-state index contributed by atoms with van der Waals surface area (Å²) in [6, 6.07) is 121. The van der Waals surface area contributed by atoms with Gasteiger partial charge in [-0.3, -0.25) is 0 Å². The van der Waals surface area contributed by atoms with Crippen molar-refractivity contribution in [2.45, 2.75) is 13.2 Å². The maximum absolute atomic E-state index is 14.2. The van der Waals surface area contributed by atoms with E-state index in [0.717, 1.165) is 95.4 Å². The summed E-state index contributed by atoms with van der Waals surface area (Å²) in [6.45, 7) is 0.180. The maximum Gasteiger partial charge on any atom is 0.338 e. The van der Waals surface area contributed by atoms with Crippen LogP contribution in [-0.2, 0) is 22.7 Å². The van der Waals surface area contributed by atoms with Gasteiger partial charge in [-0.25, -0.2) is 34.5 Å². The highest BCUT2D eigenvalue weighted by Gasteiger charge is 2.43. The Kier molecular flexibility index (Phi) is 16.5. The topological polar surface area (TPSA) is 128 Å². The van der Waals surface area contributed by atoms with Crippen molar-refractivity contribution in [3.05, 3.63) is 380 Å². The van der Waals surface area contributed by atoms with Crippen molar-refractivity contribution in [3.8, 4) is 84.9 Å². The first kappa shape index (κ1) is 64.4. The lowest BCUT2D eigenvalue weighted by Gasteiger charge is -2.44. The van der Waals surface area contributed by atoms with Crippen LogP contribution in [-0.4, -0.2) is 48.1 Å². The number of ether oxygens (including phenoxy) is 2. The molecule has 0 bridgehead atoms. The molecule has 0 unspecified atom stereocenters. The van der Waals surface area contributed by atoms with Gasteiger partial charge in [0, 0.05) is 78.3 Å². The van der Waals surface area contributed by atoms with E-state index < -0.39 is 11.9 Å². The van der Waals surface area contributed by atoms with Crippen LogP contribution in [0.2, 0.25) is 0 Å². The number of benzene rings is 14. The van der Waals surface area contributed by atoms with Gasteiger partial charge in [-0.2, -0.15) is 0 Å². The first-order chi connectivity index (χ1) is 53.4. The Morgan fingerprint density at radius 1 is 0.296 bits per heavy atom. The van der Waals surface area contributed by atoms with Gasteiger partial charge in [0.2, 0.25) is 0 Å². The van der Waals surface area contributed by atoms with E-state index >= 15 is 0 Å². The maximum atomic E-state index is 14.2. The third kappa shape index (κ3) is 12.0. The number of nitrogens with zero attached hydrogens (tertiary/aromatic N) is 8. The van der Waals surface area contributed by atoms with Crippen LogP contribution in [0.4, 0.5) is 34.1 Å². The van der Waals surface area contributed by atoms with Crippen LogP contribution in [0.25, 0.3) is 107 Å². The molecule has 0 N–H and O–H groups in total. The molecule has 0 atom stereocenters. The van der Waals surface area contributed by atoms with Crippen LogP contribution in [0.5, 0.6) is 0 Å². The number of fused-ring (bicyclic) bond motifs is 7. The first-order valence-electron chi connectivity index (χ1n) is 36.0. The molecule has 0 spiro atoms. The summed E-state index contributed by atoms with van der Waals surface area (Å²) in [5.41, 5.74) is 23.1. The standard InChI is InChI=1S/C95H63BN8O4/c105-94(107-60-62-26-7-1-8-27-62)71-49-52-82-75(57-71)76-58-72(95(106)108-61-63-28-9-2-10-29-63)50-53-83(76)104(82)84-51-48-70(91-97-80(64-30-11-3-12-31-64)59-81(98-91)65-32-13-4-14-33-65)56-77(84)93-100-90(66-34-15-5-16-35-66)99-92(101-93)69-38-23-36-67(54-69)68-37-24-41-74(55-68)103-86-45-22-20-43-79(86)96-78-42-19-21-44-85(78)102(73-39-17-6-18-40-73)87-46-25-47-88(103)89(87)96/h1-59H,60-61H2. The van der Waals surface area contributed by atoms with E-state index in [0.29, 0.717) is 62.0 Å². The number of hydrogen-bond acceptors (Lipinski definition) is 11. The molecule has 2 aliphatic heterocycles. The predicted octanol–water partition coefficient (Wildman–Crippen LogP) is 20.2. The molecule has 0 amide bonds. The average molecular weight is 1390 g/mol. The van der Waals surface area contributed by atoms with Gasteiger partial charge in [-0.1, -0.05) is 243 Å². The Labute approximate surface area is 623 Å². The molecule has 0 saturated heterocycles. The Bertz CT molecular complexity index is 6160. The van der Waals surface area contributed by atoms with Crippen LogP contribution < -0.4 is 26.2 Å². The zero-order valence-corrected chi connectivity index (χ0v) is 58.3. The molecule has 12 nitrogen and oxygen atoms in total. The SMILES string of the molecule is O=C(OCc1ccccc1)c1ccc2c(c1)c1cc(C(=O)OCc3ccccc3)ccc1n2-c1ccc(-c2nc(-c3ccccc3)cc(-c3ccccc3)n2)cc1-c1nc(-c2ccccc2)nc(-c2cccc(-c3cccc(N4c5ccccc5B5c6ccccc6N(c6ccccc6)c6cccc4c65)c3)c2)n1. The normalized spacial score (nSPS) is 12.0. The van der Waals surface area contributed by atoms with Crippen molar-refractivity contribution in [1.29, 1.82) is 0 Å². The number of esters is 2. The molecule has 510 valence electrons. The number of rotatable bonds is 16. The molecular formula is C95H63BN8O4. The van der Waals surface area contributed by atoms with Crippen molar-refractivity contribution in [2.24, 2.45) is 0 Å². The fraction of sp³-hybridized carbons (Fsp3) is 0.0211. The number of anilines is 6. The second kappa shape index (κ2) is 27.6. The lowest BCUT2D eigenvalue weighted by molar-refractivity contribution is 0.0464. The molecule has 0 saturated carbocycles.